The molecule has 7 nitrogen and oxygen atoms in total. The predicted molar refractivity (Wildman–Crippen MR) is 111 cm³/mol. The van der Waals surface area contributed by atoms with E-state index in [0.29, 0.717) is 13.1 Å². The first kappa shape index (κ1) is 18.3. The molecule has 28 heavy (non-hydrogen) atoms. The highest BCUT2D eigenvalue weighted by Crippen LogP contribution is 2.18. The van der Waals surface area contributed by atoms with Gasteiger partial charge in [-0.1, -0.05) is 6.07 Å². The molecule has 7 heteroatoms. The standard InChI is InChI=1S/C21H26N6O/c1-3-24(4-2)19-8-9-20(23-22-19)25-11-13-26(14-12-25)21(28)17-15-18-7-5-6-10-27(18)16-17/h5-10,15-16H,3-4,11-14H2,1-2H3. The van der Waals surface area contributed by atoms with Crippen molar-refractivity contribution in [2.45, 2.75) is 13.8 Å². The first-order valence-corrected chi connectivity index (χ1v) is 9.89. The van der Waals surface area contributed by atoms with Crippen molar-refractivity contribution in [2.24, 2.45) is 0 Å². The number of fused-ring (bicyclic) bond motifs is 1. The van der Waals surface area contributed by atoms with Gasteiger partial charge in [0.2, 0.25) is 0 Å². The van der Waals surface area contributed by atoms with Crippen molar-refractivity contribution in [1.29, 1.82) is 0 Å². The van der Waals surface area contributed by atoms with Crippen LogP contribution in [0.3, 0.4) is 0 Å². The molecule has 1 fully saturated rings. The minimum absolute atomic E-state index is 0.0892. The average molecular weight is 378 g/mol. The number of pyridine rings is 1. The average Bonchev–Trinajstić information content (AvgIpc) is 3.19. The Hall–Kier alpha value is -3.09. The summed E-state index contributed by atoms with van der Waals surface area (Å²) in [5, 5.41) is 8.78. The number of rotatable bonds is 5. The summed E-state index contributed by atoms with van der Waals surface area (Å²) in [5.74, 6) is 1.87. The Balaban J connectivity index is 1.39. The molecule has 0 radical (unpaired) electrons. The lowest BCUT2D eigenvalue weighted by Gasteiger charge is -2.35. The smallest absolute Gasteiger partial charge is 0.255 e. The number of hydrogen-bond donors (Lipinski definition) is 0. The van der Waals surface area contributed by atoms with Gasteiger partial charge in [-0.05, 0) is 44.2 Å². The molecule has 0 saturated carbocycles. The van der Waals surface area contributed by atoms with E-state index in [-0.39, 0.29) is 5.91 Å². The number of carbonyl (C=O) groups excluding carboxylic acids is 1. The molecule has 0 spiro atoms. The highest BCUT2D eigenvalue weighted by molar-refractivity contribution is 5.95. The molecule has 4 rings (SSSR count). The number of aromatic nitrogens is 3. The Bertz CT molecular complexity index is 906. The van der Waals surface area contributed by atoms with Gasteiger partial charge in [0.15, 0.2) is 11.6 Å². The summed E-state index contributed by atoms with van der Waals surface area (Å²) in [6, 6.07) is 12.0. The second-order valence-electron chi connectivity index (χ2n) is 6.96. The largest absolute Gasteiger partial charge is 0.356 e. The molecular weight excluding hydrogens is 352 g/mol. The third-order valence-corrected chi connectivity index (χ3v) is 5.37. The zero-order valence-corrected chi connectivity index (χ0v) is 16.5. The summed E-state index contributed by atoms with van der Waals surface area (Å²) in [4.78, 5) is 19.1. The molecule has 1 amide bonds. The van der Waals surface area contributed by atoms with Crippen LogP contribution in [0.2, 0.25) is 0 Å². The van der Waals surface area contributed by atoms with E-state index in [1.54, 1.807) is 0 Å². The lowest BCUT2D eigenvalue weighted by atomic mass is 10.2. The van der Waals surface area contributed by atoms with Crippen LogP contribution in [0.5, 0.6) is 0 Å². The number of piperazine rings is 1. The Morgan fingerprint density at radius 2 is 1.82 bits per heavy atom. The third kappa shape index (κ3) is 3.52. The molecular formula is C21H26N6O. The van der Waals surface area contributed by atoms with Gasteiger partial charge < -0.3 is 19.1 Å². The molecule has 3 aromatic heterocycles. The Kier molecular flexibility index (Phi) is 5.14. The molecule has 1 saturated heterocycles. The fraction of sp³-hybridized carbons (Fsp3) is 0.381. The summed E-state index contributed by atoms with van der Waals surface area (Å²) in [6.07, 6.45) is 3.87. The van der Waals surface area contributed by atoms with Gasteiger partial charge in [-0.25, -0.2) is 0 Å². The van der Waals surface area contributed by atoms with Crippen LogP contribution in [-0.4, -0.2) is 64.7 Å². The van der Waals surface area contributed by atoms with E-state index in [4.69, 9.17) is 0 Å². The van der Waals surface area contributed by atoms with Crippen molar-refractivity contribution in [3.8, 4) is 0 Å². The predicted octanol–water partition coefficient (Wildman–Crippen LogP) is 2.54. The first-order chi connectivity index (χ1) is 13.7. The van der Waals surface area contributed by atoms with Crippen molar-refractivity contribution < 1.29 is 4.79 Å². The van der Waals surface area contributed by atoms with Crippen LogP contribution in [0.1, 0.15) is 24.2 Å². The van der Waals surface area contributed by atoms with Crippen molar-refractivity contribution in [1.82, 2.24) is 19.5 Å². The summed E-state index contributed by atoms with van der Waals surface area (Å²) < 4.78 is 1.98. The molecule has 0 unspecified atom stereocenters. The van der Waals surface area contributed by atoms with Gasteiger partial charge >= 0.3 is 0 Å². The van der Waals surface area contributed by atoms with E-state index in [1.165, 1.54) is 0 Å². The molecule has 0 N–H and O–H groups in total. The van der Waals surface area contributed by atoms with Crippen molar-refractivity contribution >= 4 is 23.1 Å². The quantitative estimate of drug-likeness (QED) is 0.683. The maximum absolute atomic E-state index is 12.9. The van der Waals surface area contributed by atoms with E-state index >= 15 is 0 Å². The molecule has 0 aliphatic carbocycles. The number of hydrogen-bond acceptors (Lipinski definition) is 5. The van der Waals surface area contributed by atoms with E-state index in [1.807, 2.05) is 58.1 Å². The zero-order chi connectivity index (χ0) is 19.5. The van der Waals surface area contributed by atoms with Crippen LogP contribution < -0.4 is 9.80 Å². The second kappa shape index (κ2) is 7.88. The van der Waals surface area contributed by atoms with Crippen molar-refractivity contribution in [2.75, 3.05) is 49.1 Å². The van der Waals surface area contributed by atoms with Crippen LogP contribution in [0.25, 0.3) is 5.52 Å². The minimum Gasteiger partial charge on any atom is -0.356 e. The Morgan fingerprint density at radius 1 is 1.04 bits per heavy atom. The highest BCUT2D eigenvalue weighted by Gasteiger charge is 2.24. The SMILES string of the molecule is CCN(CC)c1ccc(N2CCN(C(=O)c3cc4ccccn4c3)CC2)nn1. The Labute approximate surface area is 165 Å². The van der Waals surface area contributed by atoms with E-state index in [9.17, 15) is 4.79 Å². The van der Waals surface area contributed by atoms with Crippen molar-refractivity contribution in [3.63, 3.8) is 0 Å². The molecule has 0 atom stereocenters. The highest BCUT2D eigenvalue weighted by atomic mass is 16.2. The normalized spacial score (nSPS) is 14.5. The van der Waals surface area contributed by atoms with Gasteiger partial charge in [0.25, 0.3) is 5.91 Å². The summed E-state index contributed by atoms with van der Waals surface area (Å²) in [7, 11) is 0. The van der Waals surface area contributed by atoms with Crippen molar-refractivity contribution in [3.05, 3.63) is 54.4 Å². The fourth-order valence-corrected chi connectivity index (χ4v) is 3.70. The Morgan fingerprint density at radius 3 is 2.46 bits per heavy atom. The number of nitrogens with zero attached hydrogens (tertiary/aromatic N) is 6. The molecule has 1 aliphatic heterocycles. The third-order valence-electron chi connectivity index (χ3n) is 5.37. The number of carbonyl (C=O) groups is 1. The van der Waals surface area contributed by atoms with Crippen LogP contribution in [0.4, 0.5) is 11.6 Å². The maximum atomic E-state index is 12.9. The minimum atomic E-state index is 0.0892. The van der Waals surface area contributed by atoms with Gasteiger partial charge in [0.1, 0.15) is 0 Å². The van der Waals surface area contributed by atoms with Gasteiger partial charge in [0, 0.05) is 57.2 Å². The number of anilines is 2. The van der Waals surface area contributed by atoms with Gasteiger partial charge in [0.05, 0.1) is 5.56 Å². The van der Waals surface area contributed by atoms with E-state index in [2.05, 4.69) is 33.8 Å². The molecule has 0 bridgehead atoms. The monoisotopic (exact) mass is 378 g/mol. The molecule has 3 aromatic rings. The van der Waals surface area contributed by atoms with Gasteiger partial charge in [-0.2, -0.15) is 0 Å². The van der Waals surface area contributed by atoms with E-state index in [0.717, 1.165) is 48.9 Å². The van der Waals surface area contributed by atoms with Crippen LogP contribution in [0.15, 0.2) is 48.8 Å². The second-order valence-corrected chi connectivity index (χ2v) is 6.96. The summed E-state index contributed by atoms with van der Waals surface area (Å²) in [6.45, 7) is 8.96. The molecule has 4 heterocycles. The molecule has 0 aromatic carbocycles. The zero-order valence-electron chi connectivity index (χ0n) is 16.5. The number of amides is 1. The van der Waals surface area contributed by atoms with Crippen LogP contribution in [0, 0.1) is 0 Å². The van der Waals surface area contributed by atoms with Gasteiger partial charge in [-0.3, -0.25) is 4.79 Å². The van der Waals surface area contributed by atoms with Gasteiger partial charge in [-0.15, -0.1) is 10.2 Å². The topological polar surface area (TPSA) is 57.0 Å². The summed E-state index contributed by atoms with van der Waals surface area (Å²) in [5.41, 5.74) is 1.77. The molecule has 1 aliphatic rings. The van der Waals surface area contributed by atoms with Crippen LogP contribution in [-0.2, 0) is 0 Å². The lowest BCUT2D eigenvalue weighted by Crippen LogP contribution is -2.49. The van der Waals surface area contributed by atoms with E-state index < -0.39 is 0 Å². The fourth-order valence-electron chi connectivity index (χ4n) is 3.70. The lowest BCUT2D eigenvalue weighted by molar-refractivity contribution is 0.0746. The first-order valence-electron chi connectivity index (χ1n) is 9.89. The van der Waals surface area contributed by atoms with Crippen LogP contribution >= 0.6 is 0 Å². The maximum Gasteiger partial charge on any atom is 0.255 e. The molecule has 146 valence electrons. The summed E-state index contributed by atoms with van der Waals surface area (Å²) >= 11 is 0.